The molecule has 17 heteroatoms. The molecule has 0 radical (unpaired) electrons. The van der Waals surface area contributed by atoms with Gasteiger partial charge in [0.05, 0.1) is 35.6 Å². The first-order valence-electron chi connectivity index (χ1n) is 19.1. The van der Waals surface area contributed by atoms with Crippen molar-refractivity contribution in [3.8, 4) is 0 Å². The summed E-state index contributed by atoms with van der Waals surface area (Å²) in [6.07, 6.45) is -11.9. The van der Waals surface area contributed by atoms with E-state index in [1.807, 2.05) is 0 Å². The number of hydrogen-bond acceptors (Lipinski definition) is 16. The van der Waals surface area contributed by atoms with Crippen LogP contribution in [0, 0.1) is 16.7 Å². The molecule has 5 aliphatic rings. The Hall–Kier alpha value is -4.84. The summed E-state index contributed by atoms with van der Waals surface area (Å²) in [6.45, 7) is 13.1. The molecule has 2 aliphatic heterocycles. The average molecular weight is 814 g/mol. The molecule has 17 nitrogen and oxygen atoms in total. The van der Waals surface area contributed by atoms with Gasteiger partial charge in [0.25, 0.3) is 0 Å². The van der Waals surface area contributed by atoms with E-state index in [9.17, 15) is 39.3 Å². The van der Waals surface area contributed by atoms with Crippen LogP contribution in [0.2, 0.25) is 0 Å². The lowest BCUT2D eigenvalue weighted by Gasteiger charge is -2.67. The molecule has 12 atom stereocenters. The second-order valence-electron chi connectivity index (χ2n) is 17.2. The molecule has 2 saturated carbocycles. The first-order valence-corrected chi connectivity index (χ1v) is 19.1. The summed E-state index contributed by atoms with van der Waals surface area (Å²) in [5, 5.41) is 38.0. The summed E-state index contributed by atoms with van der Waals surface area (Å²) in [4.78, 5) is 82.7. The Morgan fingerprint density at radius 1 is 1.03 bits per heavy atom. The molecular formula is C41H51NO16. The SMILES string of the molecule is C/C=C/[C@H](NC(=O)OC(C)(C)C)[C@@H](O)C(=O)O[C@@H]1C(C)=C2[C@@H](O)C(=O)[C@@]3(C)C(C(OC(=O)c4ccccc4)[C@@]4(OC(=O)O[C@@H]14)C2(C)C)[C@]1(OC(C)=O)CO[C@@H]1C[C@@H]3O. The fraction of sp³-hybridized carbons (Fsp3) is 0.610. The monoisotopic (exact) mass is 813 g/mol. The Bertz CT molecular complexity index is 1940. The highest BCUT2D eigenvalue weighted by Crippen LogP contribution is 2.66. The number of aliphatic hydroxyl groups is 3. The molecule has 4 N–H and O–H groups in total. The molecule has 1 spiro atoms. The zero-order valence-electron chi connectivity index (χ0n) is 33.8. The second-order valence-corrected chi connectivity index (χ2v) is 17.2. The molecule has 3 aliphatic carbocycles. The van der Waals surface area contributed by atoms with Gasteiger partial charge in [0.2, 0.25) is 5.60 Å². The highest BCUT2D eigenvalue weighted by molar-refractivity contribution is 5.94. The quantitative estimate of drug-likeness (QED) is 0.168. The molecular weight excluding hydrogens is 762 g/mol. The van der Waals surface area contributed by atoms with Crippen LogP contribution in [0.5, 0.6) is 0 Å². The number of benzene rings is 1. The third-order valence-electron chi connectivity index (χ3n) is 12.3. The van der Waals surface area contributed by atoms with Crippen molar-refractivity contribution >= 4 is 35.9 Å². The molecule has 2 bridgehead atoms. The van der Waals surface area contributed by atoms with Gasteiger partial charge in [0, 0.05) is 18.8 Å². The minimum absolute atomic E-state index is 0.0213. The maximum atomic E-state index is 15.0. The number of carbonyl (C=O) groups is 6. The number of ether oxygens (including phenoxy) is 7. The molecule has 6 rings (SSSR count). The van der Waals surface area contributed by atoms with Gasteiger partial charge in [-0.2, -0.15) is 0 Å². The van der Waals surface area contributed by atoms with E-state index in [4.69, 9.17) is 33.2 Å². The fourth-order valence-corrected chi connectivity index (χ4v) is 9.76. The van der Waals surface area contributed by atoms with Gasteiger partial charge in [-0.1, -0.05) is 44.2 Å². The van der Waals surface area contributed by atoms with Gasteiger partial charge in [-0.3, -0.25) is 9.59 Å². The minimum atomic E-state index is -2.32. The smallest absolute Gasteiger partial charge is 0.454 e. The fourth-order valence-electron chi connectivity index (χ4n) is 9.76. The lowest BCUT2D eigenvalue weighted by Crippen LogP contribution is -2.83. The van der Waals surface area contributed by atoms with Crippen LogP contribution >= 0.6 is 0 Å². The first kappa shape index (κ1) is 42.8. The summed E-state index contributed by atoms with van der Waals surface area (Å²) in [7, 11) is 0. The number of fused-ring (bicyclic) bond motifs is 4. The van der Waals surface area contributed by atoms with Crippen molar-refractivity contribution in [2.75, 3.05) is 6.61 Å². The standard InChI is InChI=1S/C41H51NO16/c1-10-14-22(42-35(50)57-37(4,5)6)26(45)34(49)53-28-19(2)25-27(46)30(47)39(9)23(44)17-24-40(18-52-24,56-20(3)43)29(39)32(54-33(48)21-15-12-11-13-16-21)41(38(25,7)8)31(28)55-36(51)58-41/h10-16,22-24,26-29,31-32,44-46H,17-18H2,1-9H3,(H,42,50)/b14-10+/t22-,23-,24+,26+,27+,28+,29?,31-,32?,39+,40-,41+/m0/s1. The predicted molar refractivity (Wildman–Crippen MR) is 198 cm³/mol. The predicted octanol–water partition coefficient (Wildman–Crippen LogP) is 2.62. The summed E-state index contributed by atoms with van der Waals surface area (Å²) in [5.41, 5.74) is -8.91. The molecule has 2 heterocycles. The van der Waals surface area contributed by atoms with E-state index >= 15 is 4.79 Å². The number of hydrogen-bond donors (Lipinski definition) is 4. The van der Waals surface area contributed by atoms with Crippen LogP contribution in [0.15, 0.2) is 53.6 Å². The summed E-state index contributed by atoms with van der Waals surface area (Å²) in [5.74, 6) is -5.67. The third kappa shape index (κ3) is 6.55. The maximum Gasteiger partial charge on any atom is 0.509 e. The Kier molecular flexibility index (Phi) is 10.9. The Morgan fingerprint density at radius 2 is 1.69 bits per heavy atom. The van der Waals surface area contributed by atoms with E-state index < -0.39 is 118 Å². The molecule has 2 saturated heterocycles. The molecule has 2 unspecified atom stereocenters. The maximum absolute atomic E-state index is 15.0. The van der Waals surface area contributed by atoms with Crippen LogP contribution in [-0.2, 0) is 47.5 Å². The van der Waals surface area contributed by atoms with Gasteiger partial charge in [0.1, 0.15) is 17.8 Å². The lowest BCUT2D eigenvalue weighted by atomic mass is 9.44. The summed E-state index contributed by atoms with van der Waals surface area (Å²) >= 11 is 0. The number of Topliss-reactive ketones (excluding diaryl/α,β-unsaturated/α-hetero) is 1. The van der Waals surface area contributed by atoms with Crippen molar-refractivity contribution in [2.24, 2.45) is 16.7 Å². The van der Waals surface area contributed by atoms with Crippen LogP contribution < -0.4 is 5.32 Å². The van der Waals surface area contributed by atoms with Gasteiger partial charge < -0.3 is 53.8 Å². The zero-order valence-corrected chi connectivity index (χ0v) is 33.8. The molecule has 1 aromatic rings. The Labute approximate surface area is 334 Å². The third-order valence-corrected chi connectivity index (χ3v) is 12.3. The van der Waals surface area contributed by atoms with Gasteiger partial charge >= 0.3 is 30.2 Å². The molecule has 1 aromatic carbocycles. The average Bonchev–Trinajstić information content (AvgIpc) is 3.50. The van der Waals surface area contributed by atoms with E-state index in [1.54, 1.807) is 45.9 Å². The number of rotatable bonds is 8. The van der Waals surface area contributed by atoms with Crippen LogP contribution in [0.25, 0.3) is 0 Å². The minimum Gasteiger partial charge on any atom is -0.454 e. The van der Waals surface area contributed by atoms with E-state index in [-0.39, 0.29) is 29.7 Å². The van der Waals surface area contributed by atoms with Crippen molar-refractivity contribution in [1.29, 1.82) is 0 Å². The number of nitrogens with one attached hydrogen (secondary N) is 1. The van der Waals surface area contributed by atoms with Crippen LogP contribution in [0.3, 0.4) is 0 Å². The lowest BCUT2D eigenvalue weighted by molar-refractivity contribution is -0.345. The number of carbonyl (C=O) groups excluding carboxylic acids is 6. The van der Waals surface area contributed by atoms with E-state index in [0.29, 0.717) is 0 Å². The summed E-state index contributed by atoms with van der Waals surface area (Å²) < 4.78 is 41.6. The molecule has 4 fully saturated rings. The molecule has 316 valence electrons. The van der Waals surface area contributed by atoms with Crippen LogP contribution in [0.1, 0.15) is 79.1 Å². The largest absolute Gasteiger partial charge is 0.509 e. The zero-order chi connectivity index (χ0) is 42.9. The van der Waals surface area contributed by atoms with Crippen molar-refractivity contribution < 1.29 is 77.2 Å². The van der Waals surface area contributed by atoms with Crippen molar-refractivity contribution in [1.82, 2.24) is 5.32 Å². The van der Waals surface area contributed by atoms with Gasteiger partial charge in [0.15, 0.2) is 35.8 Å². The summed E-state index contributed by atoms with van der Waals surface area (Å²) in [6, 6.07) is 6.34. The van der Waals surface area contributed by atoms with Crippen molar-refractivity contribution in [3.63, 3.8) is 0 Å². The van der Waals surface area contributed by atoms with E-state index in [0.717, 1.165) is 6.92 Å². The highest BCUT2D eigenvalue weighted by Gasteiger charge is 2.83. The second kappa shape index (κ2) is 14.8. The Morgan fingerprint density at radius 3 is 2.26 bits per heavy atom. The van der Waals surface area contributed by atoms with Crippen LogP contribution in [-0.4, -0.2) is 123 Å². The topological polar surface area (TPSA) is 240 Å². The Balaban J connectivity index is 1.56. The molecule has 0 aromatic heterocycles. The number of amides is 1. The van der Waals surface area contributed by atoms with E-state index in [2.05, 4.69) is 5.32 Å². The number of allylic oxidation sites excluding steroid dienone is 1. The normalized spacial score (nSPS) is 35.9. The van der Waals surface area contributed by atoms with Crippen molar-refractivity contribution in [3.05, 3.63) is 59.2 Å². The van der Waals surface area contributed by atoms with E-state index in [1.165, 1.54) is 52.0 Å². The van der Waals surface area contributed by atoms with Gasteiger partial charge in [-0.05, 0) is 64.8 Å². The van der Waals surface area contributed by atoms with Crippen molar-refractivity contribution in [2.45, 2.75) is 134 Å². The number of esters is 3. The van der Waals surface area contributed by atoms with Gasteiger partial charge in [-0.25, -0.2) is 19.2 Å². The highest BCUT2D eigenvalue weighted by atomic mass is 16.8. The number of alkyl carbamates (subject to hydrolysis) is 1. The molecule has 1 amide bonds. The van der Waals surface area contributed by atoms with Gasteiger partial charge in [-0.15, -0.1) is 0 Å². The number of aliphatic hydroxyl groups excluding tert-OH is 3. The number of ketones is 1. The van der Waals surface area contributed by atoms with Crippen LogP contribution in [0.4, 0.5) is 9.59 Å². The molecule has 58 heavy (non-hydrogen) atoms. The first-order chi connectivity index (χ1) is 27.0.